The summed E-state index contributed by atoms with van der Waals surface area (Å²) in [6, 6.07) is 0. The lowest BCUT2D eigenvalue weighted by molar-refractivity contribution is -0.305. The van der Waals surface area contributed by atoms with Crippen LogP contribution in [0.4, 0.5) is 0 Å². The molecule has 0 amide bonds. The van der Waals surface area contributed by atoms with Crippen molar-refractivity contribution >= 4 is 11.9 Å². The van der Waals surface area contributed by atoms with Gasteiger partial charge in [-0.2, -0.15) is 0 Å². The van der Waals surface area contributed by atoms with E-state index in [0.717, 1.165) is 51.4 Å². The van der Waals surface area contributed by atoms with E-state index in [0.29, 0.717) is 12.8 Å². The van der Waals surface area contributed by atoms with E-state index in [2.05, 4.69) is 38.2 Å². The van der Waals surface area contributed by atoms with Crippen molar-refractivity contribution in [3.63, 3.8) is 0 Å². The summed E-state index contributed by atoms with van der Waals surface area (Å²) < 4.78 is 22.1. The second-order valence-electron chi connectivity index (χ2n) is 14.8. The third-order valence-electron chi connectivity index (χ3n) is 9.81. The van der Waals surface area contributed by atoms with E-state index in [-0.39, 0.29) is 26.1 Å². The van der Waals surface area contributed by atoms with Crippen LogP contribution in [0.5, 0.6) is 0 Å². The molecule has 4 N–H and O–H groups in total. The first-order valence-electron chi connectivity index (χ1n) is 21.4. The van der Waals surface area contributed by atoms with Gasteiger partial charge in [0, 0.05) is 12.8 Å². The third kappa shape index (κ3) is 26.6. The average Bonchev–Trinajstić information content (AvgIpc) is 3.15. The Kier molecular flexibility index (Phi) is 32.2. The molecule has 1 fully saturated rings. The van der Waals surface area contributed by atoms with Crippen LogP contribution in [0.2, 0.25) is 0 Å². The first-order valence-corrected chi connectivity index (χ1v) is 21.4. The molecule has 0 aromatic rings. The van der Waals surface area contributed by atoms with Gasteiger partial charge >= 0.3 is 11.9 Å². The molecule has 0 aromatic carbocycles. The molecule has 0 aromatic heterocycles. The van der Waals surface area contributed by atoms with Crippen molar-refractivity contribution in [3.8, 4) is 0 Å². The van der Waals surface area contributed by atoms with Crippen LogP contribution in [-0.2, 0) is 28.5 Å². The van der Waals surface area contributed by atoms with Gasteiger partial charge in [-0.3, -0.25) is 9.59 Å². The summed E-state index contributed by atoms with van der Waals surface area (Å²) in [5, 5.41) is 40.0. The number of ether oxygens (including phenoxy) is 4. The monoisotopic (exact) mass is 755 g/mol. The van der Waals surface area contributed by atoms with Crippen molar-refractivity contribution in [2.24, 2.45) is 0 Å². The molecule has 0 saturated carbocycles. The minimum Gasteiger partial charge on any atom is -0.462 e. The Morgan fingerprint density at radius 2 is 1.00 bits per heavy atom. The Hall–Kier alpha value is -1.82. The van der Waals surface area contributed by atoms with Gasteiger partial charge in [-0.25, -0.2) is 0 Å². The van der Waals surface area contributed by atoms with Gasteiger partial charge in [0.2, 0.25) is 0 Å². The molecule has 2 unspecified atom stereocenters. The Balaban J connectivity index is 2.38. The second kappa shape index (κ2) is 34.7. The summed E-state index contributed by atoms with van der Waals surface area (Å²) in [6.45, 7) is 3.38. The number of aliphatic hydroxyl groups excluding tert-OH is 4. The second-order valence-corrected chi connectivity index (χ2v) is 14.8. The smallest absolute Gasteiger partial charge is 0.306 e. The number of hydrogen-bond donors (Lipinski definition) is 4. The Labute approximate surface area is 322 Å². The Morgan fingerprint density at radius 3 is 1.47 bits per heavy atom. The summed E-state index contributed by atoms with van der Waals surface area (Å²) in [5.41, 5.74) is 0. The average molecular weight is 755 g/mol. The summed E-state index contributed by atoms with van der Waals surface area (Å²) in [6.07, 6.45) is 29.0. The molecule has 0 spiro atoms. The van der Waals surface area contributed by atoms with Crippen LogP contribution in [0, 0.1) is 0 Å². The largest absolute Gasteiger partial charge is 0.462 e. The molecular weight excluding hydrogens is 676 g/mol. The van der Waals surface area contributed by atoms with Crippen LogP contribution < -0.4 is 0 Å². The molecule has 1 heterocycles. The van der Waals surface area contributed by atoms with Gasteiger partial charge in [0.25, 0.3) is 0 Å². The number of hydrogen-bond acceptors (Lipinski definition) is 10. The number of rotatable bonds is 35. The van der Waals surface area contributed by atoms with Crippen molar-refractivity contribution < 1.29 is 49.0 Å². The molecule has 1 aliphatic rings. The van der Waals surface area contributed by atoms with Gasteiger partial charge in [0.05, 0.1) is 13.2 Å². The Bertz CT molecular complexity index is 923. The molecule has 0 bridgehead atoms. The van der Waals surface area contributed by atoms with E-state index >= 15 is 0 Å². The van der Waals surface area contributed by atoms with E-state index in [4.69, 9.17) is 18.9 Å². The fourth-order valence-electron chi connectivity index (χ4n) is 6.35. The topological polar surface area (TPSA) is 152 Å². The maximum Gasteiger partial charge on any atom is 0.306 e. The molecule has 310 valence electrons. The fraction of sp³-hybridized carbons (Fsp3) is 0.860. The van der Waals surface area contributed by atoms with E-state index in [1.165, 1.54) is 89.9 Å². The number of carbonyl (C=O) groups excluding carboxylic acids is 2. The first-order chi connectivity index (χ1) is 25.8. The zero-order valence-electron chi connectivity index (χ0n) is 33.5. The van der Waals surface area contributed by atoms with Crippen LogP contribution in [-0.4, -0.2) is 89.0 Å². The number of carbonyl (C=O) groups is 2. The lowest BCUT2D eigenvalue weighted by Crippen LogP contribution is -2.59. The highest BCUT2D eigenvalue weighted by atomic mass is 16.7. The lowest BCUT2D eigenvalue weighted by Gasteiger charge is -2.39. The van der Waals surface area contributed by atoms with Crippen molar-refractivity contribution in [1.29, 1.82) is 0 Å². The van der Waals surface area contributed by atoms with Crippen LogP contribution in [0.3, 0.4) is 0 Å². The number of allylic oxidation sites excluding steroid dienone is 4. The molecule has 53 heavy (non-hydrogen) atoms. The van der Waals surface area contributed by atoms with Crippen molar-refractivity contribution in [3.05, 3.63) is 24.3 Å². The molecule has 1 aliphatic heterocycles. The highest BCUT2D eigenvalue weighted by Gasteiger charge is 2.44. The third-order valence-corrected chi connectivity index (χ3v) is 9.81. The highest BCUT2D eigenvalue weighted by molar-refractivity contribution is 5.70. The zero-order valence-corrected chi connectivity index (χ0v) is 33.5. The van der Waals surface area contributed by atoms with Gasteiger partial charge in [-0.15, -0.1) is 0 Å². The lowest BCUT2D eigenvalue weighted by atomic mass is 9.99. The van der Waals surface area contributed by atoms with Crippen molar-refractivity contribution in [1.82, 2.24) is 0 Å². The maximum atomic E-state index is 12.7. The molecule has 6 atom stereocenters. The number of esters is 2. The standard InChI is InChI=1S/C43H78O10/c1-3-5-7-9-11-13-15-17-18-20-22-24-26-28-30-32-39(46)52-36(35-51-43-42(49)41(48)40(47)37(33-44)53-43)34-50-38(45)31-29-27-25-23-21-19-16-14-12-10-8-6-4-2/h19-22,36-37,40-44,47-49H,3-18,23-35H2,1-2H3/b21-19+,22-20+/t36-,37-,40+,41?,42?,43-/m1/s1. The molecular formula is C43H78O10. The molecule has 1 saturated heterocycles. The van der Waals surface area contributed by atoms with Crippen molar-refractivity contribution in [2.75, 3.05) is 19.8 Å². The molecule has 0 radical (unpaired) electrons. The minimum atomic E-state index is -1.60. The molecule has 0 aliphatic carbocycles. The van der Waals surface area contributed by atoms with E-state index in [1.807, 2.05) is 0 Å². The van der Waals surface area contributed by atoms with Crippen LogP contribution in [0.15, 0.2) is 24.3 Å². The summed E-state index contributed by atoms with van der Waals surface area (Å²) in [4.78, 5) is 25.2. The van der Waals surface area contributed by atoms with Crippen molar-refractivity contribution in [2.45, 2.75) is 218 Å². The number of aliphatic hydroxyl groups is 4. The molecule has 1 rings (SSSR count). The zero-order chi connectivity index (χ0) is 38.8. The highest BCUT2D eigenvalue weighted by Crippen LogP contribution is 2.22. The van der Waals surface area contributed by atoms with Gasteiger partial charge < -0.3 is 39.4 Å². The SMILES string of the molecule is CCCCCCCC/C=C/CCCCCC(=O)OC[C@H](CO[C@@H]1O[C@H](CO)[C@H](O)C(O)C1O)OC(=O)CCCCC/C=C/CCCCCCCCCC. The van der Waals surface area contributed by atoms with Gasteiger partial charge in [-0.05, 0) is 64.2 Å². The quantitative estimate of drug-likeness (QED) is 0.0281. The molecule has 10 nitrogen and oxygen atoms in total. The fourth-order valence-corrected chi connectivity index (χ4v) is 6.35. The number of unbranched alkanes of at least 4 members (excludes halogenated alkanes) is 20. The summed E-state index contributed by atoms with van der Waals surface area (Å²) in [7, 11) is 0. The van der Waals surface area contributed by atoms with E-state index < -0.39 is 55.4 Å². The molecule has 10 heteroatoms. The summed E-state index contributed by atoms with van der Waals surface area (Å²) >= 11 is 0. The normalized spacial score (nSPS) is 21.1. The van der Waals surface area contributed by atoms with Crippen LogP contribution >= 0.6 is 0 Å². The Morgan fingerprint density at radius 1 is 0.566 bits per heavy atom. The predicted molar refractivity (Wildman–Crippen MR) is 210 cm³/mol. The first kappa shape index (κ1) is 49.2. The van der Waals surface area contributed by atoms with Crippen LogP contribution in [0.1, 0.15) is 181 Å². The maximum absolute atomic E-state index is 12.7. The summed E-state index contributed by atoms with van der Waals surface area (Å²) in [5.74, 6) is -0.841. The minimum absolute atomic E-state index is 0.208. The predicted octanol–water partition coefficient (Wildman–Crippen LogP) is 8.55. The van der Waals surface area contributed by atoms with Gasteiger partial charge in [0.15, 0.2) is 12.4 Å². The van der Waals surface area contributed by atoms with E-state index in [1.54, 1.807) is 0 Å². The van der Waals surface area contributed by atoms with Crippen LogP contribution in [0.25, 0.3) is 0 Å². The van der Waals surface area contributed by atoms with Gasteiger partial charge in [-0.1, -0.05) is 128 Å². The van der Waals surface area contributed by atoms with E-state index in [9.17, 15) is 30.0 Å². The van der Waals surface area contributed by atoms with Gasteiger partial charge in [0.1, 0.15) is 31.0 Å².